The maximum Gasteiger partial charge on any atom is 0.337 e. The minimum Gasteiger partial charge on any atom is -0.478 e. The zero-order valence-electron chi connectivity index (χ0n) is 9.36. The first-order chi connectivity index (χ1) is 7.54. The van der Waals surface area contributed by atoms with Crippen LogP contribution in [0, 0.1) is 0 Å². The molecule has 1 unspecified atom stereocenters. The molecule has 5 nitrogen and oxygen atoms in total. The number of carbonyl (C=O) groups is 1. The van der Waals surface area contributed by atoms with Crippen LogP contribution in [0.4, 0.5) is 11.4 Å². The Bertz CT molecular complexity index is 379. The molecule has 0 bridgehead atoms. The summed E-state index contributed by atoms with van der Waals surface area (Å²) in [5.74, 6) is -0.979. The first-order valence-electron chi connectivity index (χ1n) is 4.94. The molecule has 0 aliphatic rings. The lowest BCUT2D eigenvalue weighted by atomic mass is 10.1. The first kappa shape index (κ1) is 12.3. The zero-order valence-corrected chi connectivity index (χ0v) is 9.36. The van der Waals surface area contributed by atoms with Crippen LogP contribution in [0.3, 0.4) is 0 Å². The van der Waals surface area contributed by atoms with Crippen molar-refractivity contribution in [3.05, 3.63) is 23.8 Å². The van der Waals surface area contributed by atoms with Crippen molar-refractivity contribution < 1.29 is 14.6 Å². The number of ether oxygens (including phenoxy) is 1. The number of carboxylic acids is 1. The molecule has 4 N–H and O–H groups in total. The van der Waals surface area contributed by atoms with Crippen LogP contribution in [0.15, 0.2) is 18.2 Å². The first-order valence-corrected chi connectivity index (χ1v) is 4.94. The molecule has 0 fully saturated rings. The number of hydrogen-bond acceptors (Lipinski definition) is 4. The van der Waals surface area contributed by atoms with Crippen molar-refractivity contribution in [3.8, 4) is 0 Å². The number of methoxy groups -OCH3 is 1. The van der Waals surface area contributed by atoms with E-state index in [4.69, 9.17) is 15.6 Å². The third kappa shape index (κ3) is 3.13. The highest BCUT2D eigenvalue weighted by molar-refractivity contribution is 5.95. The van der Waals surface area contributed by atoms with Crippen LogP contribution in [0.1, 0.15) is 17.3 Å². The number of nitrogens with one attached hydrogen (secondary N) is 1. The van der Waals surface area contributed by atoms with Gasteiger partial charge >= 0.3 is 5.97 Å². The summed E-state index contributed by atoms with van der Waals surface area (Å²) >= 11 is 0. The summed E-state index contributed by atoms with van der Waals surface area (Å²) in [6.45, 7) is 2.42. The summed E-state index contributed by atoms with van der Waals surface area (Å²) in [6.07, 6.45) is 0.00285. The van der Waals surface area contributed by atoms with E-state index in [1.165, 1.54) is 6.07 Å². The summed E-state index contributed by atoms with van der Waals surface area (Å²) in [4.78, 5) is 10.9. The Morgan fingerprint density at radius 1 is 1.62 bits per heavy atom. The summed E-state index contributed by atoms with van der Waals surface area (Å²) < 4.78 is 5.06. The Kier molecular flexibility index (Phi) is 4.13. The number of aromatic carboxylic acids is 1. The minimum atomic E-state index is -0.979. The molecular weight excluding hydrogens is 208 g/mol. The van der Waals surface area contributed by atoms with Crippen molar-refractivity contribution in [1.29, 1.82) is 0 Å². The Labute approximate surface area is 94.2 Å². The van der Waals surface area contributed by atoms with E-state index < -0.39 is 5.97 Å². The van der Waals surface area contributed by atoms with Crippen molar-refractivity contribution in [2.75, 3.05) is 24.7 Å². The lowest BCUT2D eigenvalue weighted by Crippen LogP contribution is -2.19. The fourth-order valence-electron chi connectivity index (χ4n) is 1.23. The van der Waals surface area contributed by atoms with E-state index in [-0.39, 0.29) is 11.7 Å². The number of benzene rings is 1. The maximum atomic E-state index is 10.9. The van der Waals surface area contributed by atoms with Crippen molar-refractivity contribution in [2.45, 2.75) is 13.0 Å². The minimum absolute atomic E-state index is 0.00285. The normalized spacial score (nSPS) is 12.1. The van der Waals surface area contributed by atoms with Gasteiger partial charge in [0.1, 0.15) is 0 Å². The van der Waals surface area contributed by atoms with Gasteiger partial charge in [0.15, 0.2) is 0 Å². The quantitative estimate of drug-likeness (QED) is 0.658. The van der Waals surface area contributed by atoms with Crippen LogP contribution in [-0.2, 0) is 4.74 Å². The third-order valence-corrected chi connectivity index (χ3v) is 2.26. The predicted molar refractivity (Wildman–Crippen MR) is 62.8 cm³/mol. The van der Waals surface area contributed by atoms with Gasteiger partial charge < -0.3 is 20.9 Å². The van der Waals surface area contributed by atoms with E-state index in [1.807, 2.05) is 6.92 Å². The summed E-state index contributed by atoms with van der Waals surface area (Å²) in [7, 11) is 1.60. The highest BCUT2D eigenvalue weighted by Crippen LogP contribution is 2.19. The van der Waals surface area contributed by atoms with Crippen LogP contribution >= 0.6 is 0 Å². The van der Waals surface area contributed by atoms with E-state index in [9.17, 15) is 4.79 Å². The van der Waals surface area contributed by atoms with Crippen molar-refractivity contribution in [2.24, 2.45) is 0 Å². The molecule has 0 aromatic heterocycles. The van der Waals surface area contributed by atoms with Crippen molar-refractivity contribution in [1.82, 2.24) is 0 Å². The Hall–Kier alpha value is -1.75. The van der Waals surface area contributed by atoms with Crippen LogP contribution in [0.2, 0.25) is 0 Å². The average molecular weight is 224 g/mol. The lowest BCUT2D eigenvalue weighted by Gasteiger charge is -2.14. The number of rotatable bonds is 5. The molecule has 1 rings (SSSR count). The van der Waals surface area contributed by atoms with E-state index in [0.29, 0.717) is 17.9 Å². The molecule has 0 spiro atoms. The predicted octanol–water partition coefficient (Wildman–Crippen LogP) is 1.41. The lowest BCUT2D eigenvalue weighted by molar-refractivity contribution is 0.0697. The number of anilines is 2. The van der Waals surface area contributed by atoms with Gasteiger partial charge in [0.05, 0.1) is 17.4 Å². The van der Waals surface area contributed by atoms with Crippen LogP contribution in [-0.4, -0.2) is 30.8 Å². The summed E-state index contributed by atoms with van der Waals surface area (Å²) in [5, 5.41) is 12.0. The van der Waals surface area contributed by atoms with Crippen molar-refractivity contribution >= 4 is 17.3 Å². The molecule has 16 heavy (non-hydrogen) atoms. The van der Waals surface area contributed by atoms with Gasteiger partial charge in [-0.15, -0.1) is 0 Å². The topological polar surface area (TPSA) is 84.6 Å². The Morgan fingerprint density at radius 2 is 2.31 bits per heavy atom. The zero-order chi connectivity index (χ0) is 12.1. The summed E-state index contributed by atoms with van der Waals surface area (Å²) in [6, 6.07) is 4.65. The number of nitrogens with two attached hydrogens (primary N) is 1. The average Bonchev–Trinajstić information content (AvgIpc) is 2.25. The fourth-order valence-corrected chi connectivity index (χ4v) is 1.23. The monoisotopic (exact) mass is 224 g/mol. The molecule has 0 aliphatic heterocycles. The standard InChI is InChI=1S/C11H16N2O3/c1-7(16-2)6-13-10-5-8(12)3-4-9(10)11(14)15/h3-5,7,13H,6,12H2,1-2H3,(H,14,15). The molecule has 0 saturated heterocycles. The molecule has 1 atom stereocenters. The second-order valence-electron chi connectivity index (χ2n) is 3.54. The molecule has 1 aromatic rings. The van der Waals surface area contributed by atoms with Gasteiger partial charge in [0.25, 0.3) is 0 Å². The SMILES string of the molecule is COC(C)CNc1cc(N)ccc1C(=O)O. The molecule has 0 radical (unpaired) electrons. The highest BCUT2D eigenvalue weighted by atomic mass is 16.5. The number of nitrogen functional groups attached to an aromatic ring is 1. The second-order valence-corrected chi connectivity index (χ2v) is 3.54. The van der Waals surface area contributed by atoms with Gasteiger partial charge in [0, 0.05) is 19.3 Å². The summed E-state index contributed by atoms with van der Waals surface area (Å²) in [5.41, 5.74) is 6.84. The maximum absolute atomic E-state index is 10.9. The fraction of sp³-hybridized carbons (Fsp3) is 0.364. The van der Waals surface area contributed by atoms with E-state index >= 15 is 0 Å². The van der Waals surface area contributed by atoms with Gasteiger partial charge in [-0.2, -0.15) is 0 Å². The largest absolute Gasteiger partial charge is 0.478 e. The third-order valence-electron chi connectivity index (χ3n) is 2.26. The molecule has 0 heterocycles. The van der Waals surface area contributed by atoms with Crippen LogP contribution < -0.4 is 11.1 Å². The van der Waals surface area contributed by atoms with E-state index in [1.54, 1.807) is 19.2 Å². The molecule has 0 saturated carbocycles. The molecule has 1 aromatic carbocycles. The Balaban J connectivity index is 2.84. The van der Waals surface area contributed by atoms with E-state index in [0.717, 1.165) is 0 Å². The molecular formula is C11H16N2O3. The number of hydrogen-bond donors (Lipinski definition) is 3. The van der Waals surface area contributed by atoms with Gasteiger partial charge in [0.2, 0.25) is 0 Å². The molecule has 5 heteroatoms. The van der Waals surface area contributed by atoms with Crippen LogP contribution in [0.5, 0.6) is 0 Å². The van der Waals surface area contributed by atoms with Crippen molar-refractivity contribution in [3.63, 3.8) is 0 Å². The highest BCUT2D eigenvalue weighted by Gasteiger charge is 2.10. The van der Waals surface area contributed by atoms with Crippen LogP contribution in [0.25, 0.3) is 0 Å². The molecule has 88 valence electrons. The van der Waals surface area contributed by atoms with Gasteiger partial charge in [-0.3, -0.25) is 0 Å². The Morgan fingerprint density at radius 3 is 2.88 bits per heavy atom. The smallest absolute Gasteiger partial charge is 0.337 e. The van der Waals surface area contributed by atoms with Gasteiger partial charge in [-0.05, 0) is 25.1 Å². The number of carboxylic acid groups (broad SMARTS) is 1. The van der Waals surface area contributed by atoms with Gasteiger partial charge in [-0.25, -0.2) is 4.79 Å². The van der Waals surface area contributed by atoms with E-state index in [2.05, 4.69) is 5.32 Å². The molecule has 0 amide bonds. The second kappa shape index (κ2) is 5.37. The van der Waals surface area contributed by atoms with Gasteiger partial charge in [-0.1, -0.05) is 0 Å². The molecule has 0 aliphatic carbocycles.